The fourth-order valence-electron chi connectivity index (χ4n) is 2.50. The molecule has 1 aromatic heterocycles. The summed E-state index contributed by atoms with van der Waals surface area (Å²) in [7, 11) is 0. The summed E-state index contributed by atoms with van der Waals surface area (Å²) in [5.41, 5.74) is 2.81. The van der Waals surface area contributed by atoms with Crippen LogP contribution in [0.1, 0.15) is 44.3 Å². The van der Waals surface area contributed by atoms with Crippen LogP contribution < -0.4 is 5.32 Å². The van der Waals surface area contributed by atoms with Crippen LogP contribution in [0.3, 0.4) is 0 Å². The molecule has 1 aliphatic rings. The van der Waals surface area contributed by atoms with Crippen molar-refractivity contribution in [1.29, 1.82) is 0 Å². The molecule has 0 saturated heterocycles. The summed E-state index contributed by atoms with van der Waals surface area (Å²) in [4.78, 5) is 2.49. The van der Waals surface area contributed by atoms with Gasteiger partial charge in [-0.3, -0.25) is 4.90 Å². The SMILES string of the molecule is CC1=CCCN(Cc2cc(CNC(C)C)oc2C)C1. The van der Waals surface area contributed by atoms with Crippen molar-refractivity contribution in [2.24, 2.45) is 0 Å². The van der Waals surface area contributed by atoms with E-state index >= 15 is 0 Å². The number of furan rings is 1. The van der Waals surface area contributed by atoms with E-state index in [2.05, 4.69) is 50.1 Å². The van der Waals surface area contributed by atoms with Gasteiger partial charge < -0.3 is 9.73 Å². The van der Waals surface area contributed by atoms with Gasteiger partial charge in [-0.25, -0.2) is 0 Å². The van der Waals surface area contributed by atoms with E-state index in [0.29, 0.717) is 6.04 Å². The van der Waals surface area contributed by atoms with Crippen LogP contribution in [0.15, 0.2) is 22.1 Å². The van der Waals surface area contributed by atoms with Crippen LogP contribution in [-0.4, -0.2) is 24.0 Å². The fourth-order valence-corrected chi connectivity index (χ4v) is 2.50. The summed E-state index contributed by atoms with van der Waals surface area (Å²) >= 11 is 0. The van der Waals surface area contributed by atoms with E-state index in [9.17, 15) is 0 Å². The minimum absolute atomic E-state index is 0.490. The first-order valence-electron chi connectivity index (χ1n) is 7.24. The molecule has 1 N–H and O–H groups in total. The van der Waals surface area contributed by atoms with E-state index in [1.54, 1.807) is 0 Å². The third-order valence-electron chi connectivity index (χ3n) is 3.56. The third-order valence-corrected chi connectivity index (χ3v) is 3.56. The maximum Gasteiger partial charge on any atom is 0.118 e. The van der Waals surface area contributed by atoms with Gasteiger partial charge in [0.15, 0.2) is 0 Å². The van der Waals surface area contributed by atoms with Gasteiger partial charge in [0.2, 0.25) is 0 Å². The lowest BCUT2D eigenvalue weighted by atomic mass is 10.1. The van der Waals surface area contributed by atoms with Gasteiger partial charge >= 0.3 is 0 Å². The summed E-state index contributed by atoms with van der Waals surface area (Å²) in [6.45, 7) is 12.7. The zero-order valence-electron chi connectivity index (χ0n) is 12.6. The van der Waals surface area contributed by atoms with Crippen molar-refractivity contribution in [2.75, 3.05) is 13.1 Å². The van der Waals surface area contributed by atoms with E-state index in [1.807, 2.05) is 0 Å². The molecule has 1 aliphatic heterocycles. The van der Waals surface area contributed by atoms with Crippen molar-refractivity contribution in [3.05, 3.63) is 34.8 Å². The van der Waals surface area contributed by atoms with Gasteiger partial charge in [0.25, 0.3) is 0 Å². The Balaban J connectivity index is 1.95. The lowest BCUT2D eigenvalue weighted by molar-refractivity contribution is 0.280. The van der Waals surface area contributed by atoms with Gasteiger partial charge in [-0.05, 0) is 26.3 Å². The van der Waals surface area contributed by atoms with Crippen molar-refractivity contribution in [3.63, 3.8) is 0 Å². The lowest BCUT2D eigenvalue weighted by Crippen LogP contribution is -2.28. The van der Waals surface area contributed by atoms with Crippen molar-refractivity contribution < 1.29 is 4.42 Å². The topological polar surface area (TPSA) is 28.4 Å². The van der Waals surface area contributed by atoms with Crippen LogP contribution in [-0.2, 0) is 13.1 Å². The van der Waals surface area contributed by atoms with Crippen LogP contribution in [0, 0.1) is 6.92 Å². The van der Waals surface area contributed by atoms with Gasteiger partial charge in [-0.2, -0.15) is 0 Å². The molecule has 1 aromatic rings. The van der Waals surface area contributed by atoms with Crippen LogP contribution >= 0.6 is 0 Å². The van der Waals surface area contributed by atoms with E-state index in [0.717, 1.165) is 37.7 Å². The Morgan fingerprint density at radius 2 is 2.16 bits per heavy atom. The standard InChI is InChI=1S/C16H26N2O/c1-12(2)17-9-16-8-15(14(4)19-16)11-18-7-5-6-13(3)10-18/h6,8,12,17H,5,7,9-11H2,1-4H3. The van der Waals surface area contributed by atoms with Gasteiger partial charge in [0.1, 0.15) is 11.5 Å². The summed E-state index contributed by atoms with van der Waals surface area (Å²) in [5, 5.41) is 3.40. The average Bonchev–Trinajstić information content (AvgIpc) is 2.68. The fraction of sp³-hybridized carbons (Fsp3) is 0.625. The Bertz CT molecular complexity index is 446. The first kappa shape index (κ1) is 14.4. The molecule has 0 amide bonds. The smallest absolute Gasteiger partial charge is 0.118 e. The van der Waals surface area contributed by atoms with E-state index in [4.69, 9.17) is 4.42 Å². The number of hydrogen-bond donors (Lipinski definition) is 1. The monoisotopic (exact) mass is 262 g/mol. The second-order valence-electron chi connectivity index (χ2n) is 5.88. The molecule has 2 rings (SSSR count). The zero-order chi connectivity index (χ0) is 13.8. The lowest BCUT2D eigenvalue weighted by Gasteiger charge is -2.25. The molecule has 0 bridgehead atoms. The summed E-state index contributed by atoms with van der Waals surface area (Å²) in [6, 6.07) is 2.70. The number of rotatable bonds is 5. The zero-order valence-corrected chi connectivity index (χ0v) is 12.6. The highest BCUT2D eigenvalue weighted by Gasteiger charge is 2.14. The third kappa shape index (κ3) is 4.22. The van der Waals surface area contributed by atoms with E-state index in [1.165, 1.54) is 17.6 Å². The van der Waals surface area contributed by atoms with Crippen molar-refractivity contribution in [2.45, 2.75) is 53.2 Å². The Morgan fingerprint density at radius 1 is 1.37 bits per heavy atom. The van der Waals surface area contributed by atoms with Gasteiger partial charge in [-0.15, -0.1) is 0 Å². The Hall–Kier alpha value is -1.06. The second-order valence-corrected chi connectivity index (χ2v) is 5.88. The second kappa shape index (κ2) is 6.40. The highest BCUT2D eigenvalue weighted by atomic mass is 16.3. The first-order chi connectivity index (χ1) is 9.04. The first-order valence-corrected chi connectivity index (χ1v) is 7.24. The van der Waals surface area contributed by atoms with E-state index in [-0.39, 0.29) is 0 Å². The molecular weight excluding hydrogens is 236 g/mol. The van der Waals surface area contributed by atoms with Crippen LogP contribution in [0.2, 0.25) is 0 Å². The predicted molar refractivity (Wildman–Crippen MR) is 79.1 cm³/mol. The quantitative estimate of drug-likeness (QED) is 0.826. The van der Waals surface area contributed by atoms with Gasteiger partial charge in [0.05, 0.1) is 6.54 Å². The maximum absolute atomic E-state index is 5.83. The molecule has 19 heavy (non-hydrogen) atoms. The normalized spacial score (nSPS) is 17.0. The van der Waals surface area contributed by atoms with Gasteiger partial charge in [0, 0.05) is 31.2 Å². The van der Waals surface area contributed by atoms with Crippen molar-refractivity contribution in [1.82, 2.24) is 10.2 Å². The Morgan fingerprint density at radius 3 is 2.84 bits per heavy atom. The molecule has 3 nitrogen and oxygen atoms in total. The number of aryl methyl sites for hydroxylation is 1. The molecule has 0 aliphatic carbocycles. The van der Waals surface area contributed by atoms with Crippen molar-refractivity contribution in [3.8, 4) is 0 Å². The highest BCUT2D eigenvalue weighted by molar-refractivity contribution is 5.21. The molecule has 0 spiro atoms. The molecule has 0 radical (unpaired) electrons. The molecule has 106 valence electrons. The van der Waals surface area contributed by atoms with Crippen LogP contribution in [0.25, 0.3) is 0 Å². The molecule has 0 aromatic carbocycles. The maximum atomic E-state index is 5.83. The minimum atomic E-state index is 0.490. The van der Waals surface area contributed by atoms with E-state index < -0.39 is 0 Å². The minimum Gasteiger partial charge on any atom is -0.465 e. The summed E-state index contributed by atoms with van der Waals surface area (Å²) < 4.78 is 5.83. The average molecular weight is 262 g/mol. The molecule has 3 heteroatoms. The number of nitrogens with one attached hydrogen (secondary N) is 1. The largest absolute Gasteiger partial charge is 0.465 e. The highest BCUT2D eigenvalue weighted by Crippen LogP contribution is 2.19. The van der Waals surface area contributed by atoms with Crippen LogP contribution in [0.4, 0.5) is 0 Å². The van der Waals surface area contributed by atoms with Gasteiger partial charge in [-0.1, -0.05) is 25.5 Å². The molecule has 0 fully saturated rings. The Kier molecular flexibility index (Phi) is 4.83. The molecule has 2 heterocycles. The Labute approximate surface area is 116 Å². The number of hydrogen-bond acceptors (Lipinski definition) is 3. The van der Waals surface area contributed by atoms with Crippen molar-refractivity contribution >= 4 is 0 Å². The predicted octanol–water partition coefficient (Wildman–Crippen LogP) is 3.24. The molecule has 0 atom stereocenters. The molecule has 0 unspecified atom stereocenters. The molecule has 0 saturated carbocycles. The summed E-state index contributed by atoms with van der Waals surface area (Å²) in [6.07, 6.45) is 3.52. The number of nitrogens with zero attached hydrogens (tertiary/aromatic N) is 1. The molecular formula is C16H26N2O. The summed E-state index contributed by atoms with van der Waals surface area (Å²) in [5.74, 6) is 2.11. The van der Waals surface area contributed by atoms with Crippen LogP contribution in [0.5, 0.6) is 0 Å².